The van der Waals surface area contributed by atoms with E-state index in [4.69, 9.17) is 24.3 Å². The number of esters is 1. The molecule has 4 rings (SSSR count). The Hall–Kier alpha value is -3.13. The van der Waals surface area contributed by atoms with Crippen LogP contribution in [0.3, 0.4) is 0 Å². The number of hydrogen-bond acceptors (Lipinski definition) is 11. The van der Waals surface area contributed by atoms with Gasteiger partial charge in [-0.2, -0.15) is 10.2 Å². The average Bonchev–Trinajstić information content (AvgIpc) is 3.48. The van der Waals surface area contributed by atoms with Crippen molar-refractivity contribution in [3.8, 4) is 5.75 Å². The van der Waals surface area contributed by atoms with Gasteiger partial charge in [-0.1, -0.05) is 25.1 Å². The minimum Gasteiger partial charge on any atom is -0.465 e. The van der Waals surface area contributed by atoms with Crippen molar-refractivity contribution in [1.82, 2.24) is 19.7 Å². The number of carbonyl (C=O) groups excluding carboxylic acids is 1. The summed E-state index contributed by atoms with van der Waals surface area (Å²) in [7, 11) is -4.40. The minimum absolute atomic E-state index is 0.0727. The number of nitrogens with one attached hydrogen (secondary N) is 1. The van der Waals surface area contributed by atoms with Crippen LogP contribution in [0, 0.1) is 0 Å². The molecule has 0 amide bonds. The number of para-hydroxylation sites is 1. The molecule has 39 heavy (non-hydrogen) atoms. The maximum absolute atomic E-state index is 14.5. The first-order chi connectivity index (χ1) is 18.6. The number of halogens is 1. The quantitative estimate of drug-likeness (QED) is 0.184. The van der Waals surface area contributed by atoms with Gasteiger partial charge in [-0.25, -0.2) is 18.5 Å². The maximum atomic E-state index is 14.5. The zero-order valence-electron chi connectivity index (χ0n) is 21.4. The fourth-order valence-corrected chi connectivity index (χ4v) is 5.68. The average molecular weight is 568 g/mol. The molecule has 3 heterocycles. The molecule has 15 heteroatoms. The molecule has 0 saturated carbocycles. The van der Waals surface area contributed by atoms with Gasteiger partial charge in [-0.15, -0.1) is 0 Å². The Balaban J connectivity index is 1.58. The smallest absolute Gasteiger partial charge is 0.459 e. The van der Waals surface area contributed by atoms with Gasteiger partial charge < -0.3 is 29.9 Å². The highest BCUT2D eigenvalue weighted by Gasteiger charge is 2.60. The molecule has 0 spiro atoms. The van der Waals surface area contributed by atoms with Gasteiger partial charge in [0, 0.05) is 0 Å². The van der Waals surface area contributed by atoms with Crippen LogP contribution in [0.25, 0.3) is 5.52 Å². The number of benzene rings is 1. The first-order valence-corrected chi connectivity index (χ1v) is 13.7. The molecule has 5 N–H and O–H groups in total. The highest BCUT2D eigenvalue weighted by Crippen LogP contribution is 2.48. The van der Waals surface area contributed by atoms with Crippen LogP contribution >= 0.6 is 7.75 Å². The van der Waals surface area contributed by atoms with Crippen LogP contribution in [0.5, 0.6) is 5.75 Å². The van der Waals surface area contributed by atoms with Crippen LogP contribution in [0.15, 0.2) is 48.8 Å². The molecule has 2 aromatic heterocycles. The van der Waals surface area contributed by atoms with Crippen molar-refractivity contribution in [2.24, 2.45) is 0 Å². The van der Waals surface area contributed by atoms with E-state index < -0.39 is 57.0 Å². The highest BCUT2D eigenvalue weighted by molar-refractivity contribution is 7.52. The number of aromatic nitrogens is 3. The van der Waals surface area contributed by atoms with Crippen LogP contribution in [-0.2, 0) is 29.0 Å². The van der Waals surface area contributed by atoms with Crippen molar-refractivity contribution in [2.45, 2.75) is 43.6 Å². The Morgan fingerprint density at radius 3 is 2.79 bits per heavy atom. The number of carbonyl (C=O) groups is 1. The summed E-state index contributed by atoms with van der Waals surface area (Å²) in [5.41, 5.74) is 2.00. The zero-order chi connectivity index (χ0) is 28.3. The molecule has 0 bridgehead atoms. The lowest BCUT2D eigenvalue weighted by atomic mass is 9.86. The first kappa shape index (κ1) is 28.9. The molecular weight excluding hydrogens is 536 g/mol. The molecule has 5 atom stereocenters. The molecule has 0 radical (unpaired) electrons. The molecule has 212 valence electrons. The van der Waals surface area contributed by atoms with Gasteiger partial charge >= 0.3 is 13.7 Å². The number of hydrogen-bond donors (Lipinski definition) is 4. The second kappa shape index (κ2) is 11.5. The zero-order valence-corrected chi connectivity index (χ0v) is 22.3. The van der Waals surface area contributed by atoms with E-state index >= 15 is 0 Å². The van der Waals surface area contributed by atoms with Gasteiger partial charge in [0.15, 0.2) is 11.4 Å². The summed E-state index contributed by atoms with van der Waals surface area (Å²) in [6.07, 6.45) is -0.153. The fourth-order valence-electron chi connectivity index (χ4n) is 4.13. The number of ether oxygens (including phenoxy) is 2. The number of nitrogen functional groups attached to an aromatic ring is 1. The summed E-state index contributed by atoms with van der Waals surface area (Å²) in [5, 5.41) is 29.2. The standard InChI is InChI=1S/C24H31FN5O8P/c1-3-11-35-21(31)16(2)29-39(34,38-17-7-5-4-6-8-17)37-13-23(12-25)22(32)24(33,14-36-23)19-10-9-18-20(26)27-15-28-30(18)19/h4-10,15-16,22,32-33H,3,11-14H2,1-2H3,(H,29,34)(H2,26,27,28)/t16-,22+,23+,24-,39-/m0/s1. The van der Waals surface area contributed by atoms with Gasteiger partial charge in [0.25, 0.3) is 0 Å². The van der Waals surface area contributed by atoms with E-state index in [2.05, 4.69) is 15.2 Å². The summed E-state index contributed by atoms with van der Waals surface area (Å²) in [6.45, 7) is 0.690. The van der Waals surface area contributed by atoms with Crippen molar-refractivity contribution < 1.29 is 42.5 Å². The van der Waals surface area contributed by atoms with E-state index in [0.717, 1.165) is 0 Å². The third-order valence-corrected chi connectivity index (χ3v) is 7.91. The minimum atomic E-state index is -4.40. The number of aliphatic hydroxyl groups excluding tert-OH is 1. The highest BCUT2D eigenvalue weighted by atomic mass is 31.2. The summed E-state index contributed by atoms with van der Waals surface area (Å²) in [4.78, 5) is 16.2. The molecule has 1 aliphatic heterocycles. The number of nitrogens with zero attached hydrogens (tertiary/aromatic N) is 3. The summed E-state index contributed by atoms with van der Waals surface area (Å²) >= 11 is 0. The second-order valence-electron chi connectivity index (χ2n) is 9.17. The predicted octanol–water partition coefficient (Wildman–Crippen LogP) is 1.73. The van der Waals surface area contributed by atoms with E-state index in [-0.39, 0.29) is 23.9 Å². The van der Waals surface area contributed by atoms with Gasteiger partial charge in [0.2, 0.25) is 0 Å². The molecule has 1 saturated heterocycles. The number of nitrogens with two attached hydrogens (primary N) is 1. The van der Waals surface area contributed by atoms with Crippen molar-refractivity contribution in [3.63, 3.8) is 0 Å². The second-order valence-corrected chi connectivity index (χ2v) is 10.9. The lowest BCUT2D eigenvalue weighted by Crippen LogP contribution is -2.53. The molecule has 1 fully saturated rings. The number of rotatable bonds is 12. The van der Waals surface area contributed by atoms with E-state index in [9.17, 15) is 24.0 Å². The van der Waals surface area contributed by atoms with Gasteiger partial charge in [-0.05, 0) is 37.6 Å². The van der Waals surface area contributed by atoms with Crippen LogP contribution in [0.4, 0.5) is 10.2 Å². The van der Waals surface area contributed by atoms with Crippen molar-refractivity contribution in [2.75, 3.05) is 32.2 Å². The van der Waals surface area contributed by atoms with Crippen molar-refractivity contribution in [3.05, 3.63) is 54.5 Å². The predicted molar refractivity (Wildman–Crippen MR) is 136 cm³/mol. The topological polar surface area (TPSA) is 180 Å². The fraction of sp³-hybridized carbons (Fsp3) is 0.458. The third kappa shape index (κ3) is 5.76. The largest absolute Gasteiger partial charge is 0.465 e. The molecule has 0 aliphatic carbocycles. The van der Waals surface area contributed by atoms with Crippen LogP contribution < -0.4 is 15.3 Å². The van der Waals surface area contributed by atoms with Gasteiger partial charge in [-0.3, -0.25) is 9.32 Å². The summed E-state index contributed by atoms with van der Waals surface area (Å²) in [6, 6.07) is 9.84. The van der Waals surface area contributed by atoms with E-state index in [1.165, 1.54) is 42.0 Å². The molecule has 1 aromatic carbocycles. The Morgan fingerprint density at radius 2 is 2.10 bits per heavy atom. The molecular formula is C24H31FN5O8P. The lowest BCUT2D eigenvalue weighted by molar-refractivity contribution is -0.145. The summed E-state index contributed by atoms with van der Waals surface area (Å²) < 4.78 is 51.4. The van der Waals surface area contributed by atoms with Crippen LogP contribution in [-0.4, -0.2) is 75.0 Å². The Morgan fingerprint density at radius 1 is 1.36 bits per heavy atom. The van der Waals surface area contributed by atoms with Crippen LogP contribution in [0.1, 0.15) is 26.0 Å². The Kier molecular flexibility index (Phi) is 8.54. The summed E-state index contributed by atoms with van der Waals surface area (Å²) in [5.74, 6) is -0.437. The molecule has 0 unspecified atom stereocenters. The normalized spacial score (nSPS) is 25.3. The van der Waals surface area contributed by atoms with Crippen molar-refractivity contribution in [1.29, 1.82) is 0 Å². The Labute approximate surface area is 223 Å². The third-order valence-electron chi connectivity index (χ3n) is 6.28. The molecule has 1 aliphatic rings. The van der Waals surface area contributed by atoms with E-state index in [1.54, 1.807) is 18.2 Å². The first-order valence-electron chi connectivity index (χ1n) is 12.2. The number of aliphatic hydroxyl groups is 2. The number of anilines is 1. The van der Waals surface area contributed by atoms with E-state index in [1.807, 2.05) is 6.92 Å². The van der Waals surface area contributed by atoms with Gasteiger partial charge in [0.05, 0.1) is 25.5 Å². The van der Waals surface area contributed by atoms with Crippen molar-refractivity contribution >= 4 is 25.1 Å². The monoisotopic (exact) mass is 567 g/mol. The van der Waals surface area contributed by atoms with Gasteiger partial charge in [0.1, 0.15) is 42.0 Å². The Bertz CT molecular complexity index is 1350. The maximum Gasteiger partial charge on any atom is 0.459 e. The lowest BCUT2D eigenvalue weighted by Gasteiger charge is -2.33. The number of fused-ring (bicyclic) bond motifs is 1. The van der Waals surface area contributed by atoms with Crippen LogP contribution in [0.2, 0.25) is 0 Å². The van der Waals surface area contributed by atoms with E-state index in [0.29, 0.717) is 11.9 Å². The SMILES string of the molecule is CCCOC(=O)[C@H](C)N[P@](=O)(OC[C@@]1(CF)OC[C@](O)(c2ccc3c(N)ncnn23)[C@@H]1O)Oc1ccccc1. The molecule has 3 aromatic rings. The molecule has 13 nitrogen and oxygen atoms in total. The number of alkyl halides is 1.